The Kier molecular flexibility index (Phi) is 6.72. The fourth-order valence-electron chi connectivity index (χ4n) is 1.73. The summed E-state index contributed by atoms with van der Waals surface area (Å²) >= 11 is 11.8. The van der Waals surface area contributed by atoms with Gasteiger partial charge in [0.2, 0.25) is 5.91 Å². The smallest absolute Gasteiger partial charge is 0.271 e. The monoisotopic (exact) mass is 364 g/mol. The van der Waals surface area contributed by atoms with E-state index in [9.17, 15) is 9.59 Å². The van der Waals surface area contributed by atoms with Crippen molar-refractivity contribution in [3.8, 4) is 0 Å². The average molecular weight is 365 g/mol. The first-order valence-electron chi connectivity index (χ1n) is 7.01. The number of aromatic nitrogens is 2. The number of hydrogen-bond acceptors (Lipinski definition) is 4. The second-order valence-electron chi connectivity index (χ2n) is 4.64. The van der Waals surface area contributed by atoms with E-state index in [1.54, 1.807) is 24.3 Å². The lowest BCUT2D eigenvalue weighted by Gasteiger charge is -2.05. The molecule has 24 heavy (non-hydrogen) atoms. The van der Waals surface area contributed by atoms with Crippen LogP contribution in [0, 0.1) is 0 Å². The lowest BCUT2D eigenvalue weighted by molar-refractivity contribution is -0.116. The van der Waals surface area contributed by atoms with E-state index < -0.39 is 0 Å². The summed E-state index contributed by atoms with van der Waals surface area (Å²) < 4.78 is 0. The van der Waals surface area contributed by atoms with Crippen LogP contribution in [0.1, 0.15) is 16.1 Å². The van der Waals surface area contributed by atoms with Gasteiger partial charge >= 0.3 is 0 Å². The first-order chi connectivity index (χ1) is 11.6. The molecule has 0 fully saturated rings. The van der Waals surface area contributed by atoms with Crippen molar-refractivity contribution in [2.45, 2.75) is 0 Å². The summed E-state index contributed by atoms with van der Waals surface area (Å²) in [6.45, 7) is 0.556. The third-order valence-electron chi connectivity index (χ3n) is 2.88. The van der Waals surface area contributed by atoms with Gasteiger partial charge in [0.1, 0.15) is 5.69 Å². The van der Waals surface area contributed by atoms with E-state index in [-0.39, 0.29) is 30.6 Å². The van der Waals surface area contributed by atoms with Crippen molar-refractivity contribution in [2.24, 2.45) is 0 Å². The van der Waals surface area contributed by atoms with Crippen LogP contribution < -0.4 is 10.6 Å². The largest absolute Gasteiger partial charge is 0.351 e. The number of carbonyl (C=O) groups excluding carboxylic acids is 2. The van der Waals surface area contributed by atoms with E-state index in [1.165, 1.54) is 24.7 Å². The number of nitrogens with one attached hydrogen (secondary N) is 2. The standard InChI is InChI=1S/C16H14Cl2N4O2/c17-12-3-1-11(13(18)9-12)2-4-15(23)21-7-8-22-16(24)14-10-19-5-6-20-14/h1-6,9-10H,7-8H2,(H,21,23)(H,22,24)/b4-2+. The number of rotatable bonds is 6. The fraction of sp³-hybridized carbons (Fsp3) is 0.125. The molecule has 0 aliphatic rings. The highest BCUT2D eigenvalue weighted by Gasteiger charge is 2.05. The predicted octanol–water partition coefficient (Wildman–Crippen LogP) is 2.34. The Balaban J connectivity index is 1.73. The third kappa shape index (κ3) is 5.64. The van der Waals surface area contributed by atoms with Crippen molar-refractivity contribution in [3.63, 3.8) is 0 Å². The Hall–Kier alpha value is -2.44. The zero-order valence-electron chi connectivity index (χ0n) is 12.5. The quantitative estimate of drug-likeness (QED) is 0.608. The molecule has 124 valence electrons. The lowest BCUT2D eigenvalue weighted by Crippen LogP contribution is -2.34. The molecule has 0 aliphatic carbocycles. The van der Waals surface area contributed by atoms with E-state index >= 15 is 0 Å². The topological polar surface area (TPSA) is 84.0 Å². The second kappa shape index (κ2) is 9.00. The van der Waals surface area contributed by atoms with Crippen LogP contribution in [0.4, 0.5) is 0 Å². The van der Waals surface area contributed by atoms with E-state index in [2.05, 4.69) is 20.6 Å². The summed E-state index contributed by atoms with van der Waals surface area (Å²) in [4.78, 5) is 31.1. The summed E-state index contributed by atoms with van der Waals surface area (Å²) in [5.74, 6) is -0.643. The van der Waals surface area contributed by atoms with Crippen molar-refractivity contribution in [2.75, 3.05) is 13.1 Å². The minimum Gasteiger partial charge on any atom is -0.351 e. The molecule has 0 unspecified atom stereocenters. The van der Waals surface area contributed by atoms with Crippen LogP contribution >= 0.6 is 23.2 Å². The molecule has 2 amide bonds. The number of hydrogen-bond donors (Lipinski definition) is 2. The molecule has 0 bridgehead atoms. The fourth-order valence-corrected chi connectivity index (χ4v) is 2.20. The molecular weight excluding hydrogens is 351 g/mol. The molecule has 1 aromatic heterocycles. The molecule has 0 atom stereocenters. The zero-order chi connectivity index (χ0) is 17.4. The average Bonchev–Trinajstić information content (AvgIpc) is 2.58. The van der Waals surface area contributed by atoms with Crippen LogP contribution in [-0.4, -0.2) is 34.9 Å². The van der Waals surface area contributed by atoms with Crippen LogP contribution in [0.5, 0.6) is 0 Å². The number of benzene rings is 1. The highest BCUT2D eigenvalue weighted by atomic mass is 35.5. The van der Waals surface area contributed by atoms with Gasteiger partial charge in [-0.25, -0.2) is 4.98 Å². The first kappa shape index (κ1) is 17.9. The van der Waals surface area contributed by atoms with Crippen LogP contribution in [0.15, 0.2) is 42.9 Å². The Morgan fingerprint density at radius 2 is 1.92 bits per heavy atom. The maximum atomic E-state index is 11.7. The summed E-state index contributed by atoms with van der Waals surface area (Å²) in [5.41, 5.74) is 0.910. The molecule has 0 saturated heterocycles. The molecule has 1 aromatic carbocycles. The molecule has 2 rings (SSSR count). The number of nitrogens with zero attached hydrogens (tertiary/aromatic N) is 2. The minimum absolute atomic E-state index is 0.223. The Morgan fingerprint density at radius 1 is 1.12 bits per heavy atom. The van der Waals surface area contributed by atoms with Gasteiger partial charge in [0, 0.05) is 41.6 Å². The van der Waals surface area contributed by atoms with E-state index in [0.29, 0.717) is 15.6 Å². The maximum Gasteiger partial charge on any atom is 0.271 e. The van der Waals surface area contributed by atoms with E-state index in [1.807, 2.05) is 0 Å². The Labute approximate surface area is 148 Å². The molecule has 2 N–H and O–H groups in total. The maximum absolute atomic E-state index is 11.7. The van der Waals surface area contributed by atoms with Crippen molar-refractivity contribution in [1.29, 1.82) is 0 Å². The number of halogens is 2. The Bertz CT molecular complexity index is 751. The van der Waals surface area contributed by atoms with E-state index in [0.717, 1.165) is 0 Å². The van der Waals surface area contributed by atoms with Gasteiger partial charge in [0.05, 0.1) is 6.20 Å². The van der Waals surface area contributed by atoms with Gasteiger partial charge in [0.25, 0.3) is 5.91 Å². The minimum atomic E-state index is -0.346. The van der Waals surface area contributed by atoms with Gasteiger partial charge in [-0.15, -0.1) is 0 Å². The van der Waals surface area contributed by atoms with E-state index in [4.69, 9.17) is 23.2 Å². The van der Waals surface area contributed by atoms with Gasteiger partial charge < -0.3 is 10.6 Å². The molecule has 6 nitrogen and oxygen atoms in total. The number of carbonyl (C=O) groups is 2. The SMILES string of the molecule is O=C(/C=C/c1ccc(Cl)cc1Cl)NCCNC(=O)c1cnccn1. The predicted molar refractivity (Wildman–Crippen MR) is 92.9 cm³/mol. The van der Waals surface area contributed by atoms with Crippen molar-refractivity contribution >= 4 is 41.1 Å². The highest BCUT2D eigenvalue weighted by molar-refractivity contribution is 6.35. The summed E-state index contributed by atoms with van der Waals surface area (Å²) in [6.07, 6.45) is 7.23. The molecular formula is C16H14Cl2N4O2. The van der Waals surface area contributed by atoms with Crippen molar-refractivity contribution in [1.82, 2.24) is 20.6 Å². The first-order valence-corrected chi connectivity index (χ1v) is 7.77. The Morgan fingerprint density at radius 3 is 2.62 bits per heavy atom. The second-order valence-corrected chi connectivity index (χ2v) is 5.48. The van der Waals surface area contributed by atoms with Crippen LogP contribution in [0.2, 0.25) is 10.0 Å². The lowest BCUT2D eigenvalue weighted by atomic mass is 10.2. The summed E-state index contributed by atoms with van der Waals surface area (Å²) in [5, 5.41) is 6.26. The van der Waals surface area contributed by atoms with Gasteiger partial charge in [0.15, 0.2) is 0 Å². The normalized spacial score (nSPS) is 10.6. The number of amides is 2. The zero-order valence-corrected chi connectivity index (χ0v) is 14.0. The summed E-state index contributed by atoms with van der Waals surface area (Å²) in [7, 11) is 0. The molecule has 0 aliphatic heterocycles. The molecule has 2 aromatic rings. The van der Waals surface area contributed by atoms with Gasteiger partial charge in [-0.2, -0.15) is 0 Å². The van der Waals surface area contributed by atoms with Crippen LogP contribution in [0.25, 0.3) is 6.08 Å². The molecule has 8 heteroatoms. The molecule has 1 heterocycles. The molecule has 0 saturated carbocycles. The van der Waals surface area contributed by atoms with Gasteiger partial charge in [-0.05, 0) is 23.8 Å². The van der Waals surface area contributed by atoms with Crippen molar-refractivity contribution < 1.29 is 9.59 Å². The van der Waals surface area contributed by atoms with Gasteiger partial charge in [-0.3, -0.25) is 14.6 Å². The van der Waals surface area contributed by atoms with Crippen LogP contribution in [0.3, 0.4) is 0 Å². The highest BCUT2D eigenvalue weighted by Crippen LogP contribution is 2.21. The summed E-state index contributed by atoms with van der Waals surface area (Å²) in [6, 6.07) is 5.01. The molecule has 0 spiro atoms. The van der Waals surface area contributed by atoms with Crippen LogP contribution in [-0.2, 0) is 4.79 Å². The van der Waals surface area contributed by atoms with Gasteiger partial charge in [-0.1, -0.05) is 29.3 Å². The molecule has 0 radical (unpaired) electrons. The third-order valence-corrected chi connectivity index (χ3v) is 3.44. The van der Waals surface area contributed by atoms with Crippen molar-refractivity contribution in [3.05, 3.63) is 64.2 Å².